The normalized spacial score (nSPS) is 10.7. The summed E-state index contributed by atoms with van der Waals surface area (Å²) in [4.78, 5) is 12.3. The van der Waals surface area contributed by atoms with Crippen molar-refractivity contribution in [3.8, 4) is 11.4 Å². The molecule has 0 aliphatic heterocycles. The number of nitrogens with zero attached hydrogens (tertiary/aromatic N) is 2. The highest BCUT2D eigenvalue weighted by molar-refractivity contribution is 5.92. The molecule has 1 amide bonds. The number of aromatic nitrogens is 2. The van der Waals surface area contributed by atoms with Crippen molar-refractivity contribution in [2.75, 3.05) is 0 Å². The highest BCUT2D eigenvalue weighted by atomic mass is 16.5. The molecule has 0 fully saturated rings. The third-order valence-electron chi connectivity index (χ3n) is 3.59. The van der Waals surface area contributed by atoms with E-state index in [2.05, 4.69) is 10.4 Å². The Morgan fingerprint density at radius 1 is 1.08 bits per heavy atom. The fraction of sp³-hybridized carbons (Fsp3) is 0.200. The molecule has 3 rings (SSSR count). The highest BCUT2D eigenvalue weighted by Gasteiger charge is 2.10. The lowest BCUT2D eigenvalue weighted by molar-refractivity contribution is 0.0945. The average molecular weight is 335 g/mol. The lowest BCUT2D eigenvalue weighted by Crippen LogP contribution is -2.23. The maximum Gasteiger partial charge on any atom is 0.272 e. The van der Waals surface area contributed by atoms with Crippen LogP contribution in [0.4, 0.5) is 0 Å². The topological polar surface area (TPSA) is 56.1 Å². The molecule has 0 saturated carbocycles. The van der Waals surface area contributed by atoms with Gasteiger partial charge in [0.15, 0.2) is 5.69 Å². The molecule has 0 aliphatic rings. The number of ether oxygens (including phenoxy) is 1. The van der Waals surface area contributed by atoms with E-state index in [1.165, 1.54) is 0 Å². The van der Waals surface area contributed by atoms with Crippen molar-refractivity contribution in [2.24, 2.45) is 0 Å². The van der Waals surface area contributed by atoms with E-state index >= 15 is 0 Å². The van der Waals surface area contributed by atoms with Crippen molar-refractivity contribution < 1.29 is 9.53 Å². The van der Waals surface area contributed by atoms with E-state index in [0.29, 0.717) is 12.2 Å². The van der Waals surface area contributed by atoms with E-state index < -0.39 is 0 Å². The standard InChI is InChI=1S/C20H21N3O2/c1-15(2)25-18-10-8-16(9-11-18)14-21-20(24)19-12-13-23(22-19)17-6-4-3-5-7-17/h3-13,15H,14H2,1-2H3,(H,21,24). The van der Waals surface area contributed by atoms with Crippen molar-refractivity contribution >= 4 is 5.91 Å². The van der Waals surface area contributed by atoms with Gasteiger partial charge in [-0.2, -0.15) is 5.10 Å². The highest BCUT2D eigenvalue weighted by Crippen LogP contribution is 2.14. The Labute approximate surface area is 147 Å². The van der Waals surface area contributed by atoms with Gasteiger partial charge in [0.05, 0.1) is 11.8 Å². The first kappa shape index (κ1) is 16.8. The van der Waals surface area contributed by atoms with Crippen LogP contribution in [0.3, 0.4) is 0 Å². The molecular weight excluding hydrogens is 314 g/mol. The van der Waals surface area contributed by atoms with E-state index in [1.807, 2.05) is 68.4 Å². The van der Waals surface area contributed by atoms with Crippen LogP contribution < -0.4 is 10.1 Å². The number of carbonyl (C=O) groups is 1. The largest absolute Gasteiger partial charge is 0.491 e. The number of amides is 1. The molecule has 5 nitrogen and oxygen atoms in total. The van der Waals surface area contributed by atoms with Crippen LogP contribution in [0.25, 0.3) is 5.69 Å². The van der Waals surface area contributed by atoms with Gasteiger partial charge in [0, 0.05) is 12.7 Å². The number of carbonyl (C=O) groups excluding carboxylic acids is 1. The number of para-hydroxylation sites is 1. The predicted molar refractivity (Wildman–Crippen MR) is 96.9 cm³/mol. The first-order chi connectivity index (χ1) is 12.1. The van der Waals surface area contributed by atoms with Gasteiger partial charge in [0.2, 0.25) is 0 Å². The Hall–Kier alpha value is -3.08. The first-order valence-electron chi connectivity index (χ1n) is 8.27. The second-order valence-corrected chi connectivity index (χ2v) is 5.97. The van der Waals surface area contributed by atoms with Crippen LogP contribution in [0, 0.1) is 0 Å². The summed E-state index contributed by atoms with van der Waals surface area (Å²) in [7, 11) is 0. The number of benzene rings is 2. The van der Waals surface area contributed by atoms with Crippen molar-refractivity contribution in [1.82, 2.24) is 15.1 Å². The van der Waals surface area contributed by atoms with Gasteiger partial charge in [-0.25, -0.2) is 4.68 Å². The molecule has 0 spiro atoms. The summed E-state index contributed by atoms with van der Waals surface area (Å²) in [6.45, 7) is 4.42. The number of hydrogen-bond acceptors (Lipinski definition) is 3. The minimum absolute atomic E-state index is 0.144. The first-order valence-corrected chi connectivity index (χ1v) is 8.27. The third-order valence-corrected chi connectivity index (χ3v) is 3.59. The summed E-state index contributed by atoms with van der Waals surface area (Å²) in [5, 5.41) is 7.21. The Morgan fingerprint density at radius 2 is 1.80 bits per heavy atom. The Morgan fingerprint density at radius 3 is 2.48 bits per heavy atom. The van der Waals surface area contributed by atoms with Crippen LogP contribution in [0.2, 0.25) is 0 Å². The van der Waals surface area contributed by atoms with Crippen molar-refractivity contribution in [3.05, 3.63) is 78.1 Å². The molecule has 0 radical (unpaired) electrons. The maximum atomic E-state index is 12.3. The van der Waals surface area contributed by atoms with Crippen LogP contribution in [0.5, 0.6) is 5.75 Å². The summed E-state index contributed by atoms with van der Waals surface area (Å²) in [6, 6.07) is 19.1. The van der Waals surface area contributed by atoms with E-state index in [1.54, 1.807) is 16.9 Å². The quantitative estimate of drug-likeness (QED) is 0.749. The minimum Gasteiger partial charge on any atom is -0.491 e. The van der Waals surface area contributed by atoms with Crippen molar-refractivity contribution in [2.45, 2.75) is 26.5 Å². The molecule has 5 heteroatoms. The number of nitrogens with one attached hydrogen (secondary N) is 1. The minimum atomic E-state index is -0.197. The van der Waals surface area contributed by atoms with E-state index in [-0.39, 0.29) is 12.0 Å². The lowest BCUT2D eigenvalue weighted by atomic mass is 10.2. The smallest absolute Gasteiger partial charge is 0.272 e. The molecular formula is C20H21N3O2. The molecule has 0 saturated heterocycles. The van der Waals surface area contributed by atoms with Gasteiger partial charge >= 0.3 is 0 Å². The zero-order valence-electron chi connectivity index (χ0n) is 14.3. The van der Waals surface area contributed by atoms with Gasteiger partial charge in [-0.3, -0.25) is 4.79 Å². The zero-order valence-corrected chi connectivity index (χ0v) is 14.3. The molecule has 2 aromatic carbocycles. The van der Waals surface area contributed by atoms with E-state index in [9.17, 15) is 4.79 Å². The molecule has 0 aliphatic carbocycles. The number of rotatable bonds is 6. The fourth-order valence-corrected chi connectivity index (χ4v) is 2.40. The molecule has 1 N–H and O–H groups in total. The summed E-state index contributed by atoms with van der Waals surface area (Å²) in [5.41, 5.74) is 2.32. The molecule has 25 heavy (non-hydrogen) atoms. The van der Waals surface area contributed by atoms with Gasteiger partial charge in [-0.1, -0.05) is 30.3 Å². The summed E-state index contributed by atoms with van der Waals surface area (Å²) < 4.78 is 7.30. The lowest BCUT2D eigenvalue weighted by Gasteiger charge is -2.10. The van der Waals surface area contributed by atoms with Gasteiger partial charge in [0.25, 0.3) is 5.91 Å². The van der Waals surface area contributed by atoms with Crippen LogP contribution in [-0.4, -0.2) is 21.8 Å². The molecule has 0 unspecified atom stereocenters. The second-order valence-electron chi connectivity index (χ2n) is 5.97. The Bertz CT molecular complexity index is 824. The molecule has 0 bridgehead atoms. The maximum absolute atomic E-state index is 12.3. The SMILES string of the molecule is CC(C)Oc1ccc(CNC(=O)c2ccn(-c3ccccc3)n2)cc1. The summed E-state index contributed by atoms with van der Waals surface area (Å²) in [5.74, 6) is 0.629. The van der Waals surface area contributed by atoms with Crippen LogP contribution in [0.1, 0.15) is 29.9 Å². The van der Waals surface area contributed by atoms with Crippen molar-refractivity contribution in [1.29, 1.82) is 0 Å². The predicted octanol–water partition coefficient (Wildman–Crippen LogP) is 3.59. The summed E-state index contributed by atoms with van der Waals surface area (Å²) >= 11 is 0. The van der Waals surface area contributed by atoms with Gasteiger partial charge in [0.1, 0.15) is 5.75 Å². The van der Waals surface area contributed by atoms with Crippen LogP contribution >= 0.6 is 0 Å². The van der Waals surface area contributed by atoms with E-state index in [4.69, 9.17) is 4.74 Å². The summed E-state index contributed by atoms with van der Waals surface area (Å²) in [6.07, 6.45) is 1.92. The molecule has 128 valence electrons. The van der Waals surface area contributed by atoms with Gasteiger partial charge < -0.3 is 10.1 Å². The Kier molecular flexibility index (Phi) is 5.14. The molecule has 1 heterocycles. The Balaban J connectivity index is 1.59. The zero-order chi connectivity index (χ0) is 17.6. The van der Waals surface area contributed by atoms with E-state index in [0.717, 1.165) is 17.0 Å². The second kappa shape index (κ2) is 7.66. The third kappa shape index (κ3) is 4.47. The molecule has 3 aromatic rings. The monoisotopic (exact) mass is 335 g/mol. The van der Waals surface area contributed by atoms with Crippen molar-refractivity contribution in [3.63, 3.8) is 0 Å². The molecule has 0 atom stereocenters. The fourth-order valence-electron chi connectivity index (χ4n) is 2.40. The van der Waals surface area contributed by atoms with Gasteiger partial charge in [-0.05, 0) is 49.7 Å². The van der Waals surface area contributed by atoms with Gasteiger partial charge in [-0.15, -0.1) is 0 Å². The van der Waals surface area contributed by atoms with Crippen LogP contribution in [0.15, 0.2) is 66.9 Å². The number of hydrogen-bond donors (Lipinski definition) is 1. The average Bonchev–Trinajstić information content (AvgIpc) is 3.11. The molecule has 1 aromatic heterocycles. The van der Waals surface area contributed by atoms with Crippen LogP contribution in [-0.2, 0) is 6.54 Å².